The maximum atomic E-state index is 12.8. The zero-order valence-corrected chi connectivity index (χ0v) is 17.2. The van der Waals surface area contributed by atoms with Gasteiger partial charge in [-0.15, -0.1) is 0 Å². The molecule has 0 N–H and O–H groups in total. The van der Waals surface area contributed by atoms with Gasteiger partial charge in [0, 0.05) is 38.7 Å². The van der Waals surface area contributed by atoms with Crippen molar-refractivity contribution in [1.29, 1.82) is 0 Å². The van der Waals surface area contributed by atoms with Crippen LogP contribution >= 0.6 is 0 Å². The highest BCUT2D eigenvalue weighted by molar-refractivity contribution is 5.80. The predicted octanol–water partition coefficient (Wildman–Crippen LogP) is 2.01. The van der Waals surface area contributed by atoms with Crippen molar-refractivity contribution in [2.45, 2.75) is 32.2 Å². The van der Waals surface area contributed by atoms with Crippen LogP contribution in [0.3, 0.4) is 0 Å². The van der Waals surface area contributed by atoms with E-state index >= 15 is 0 Å². The lowest BCUT2D eigenvalue weighted by atomic mass is 9.75. The summed E-state index contributed by atoms with van der Waals surface area (Å²) in [6, 6.07) is 5.77. The quantitative estimate of drug-likeness (QED) is 0.789. The van der Waals surface area contributed by atoms with Crippen LogP contribution in [-0.4, -0.2) is 53.4 Å². The molecule has 29 heavy (non-hydrogen) atoms. The summed E-state index contributed by atoms with van der Waals surface area (Å²) in [5.74, 6) is 1.66. The van der Waals surface area contributed by atoms with Crippen molar-refractivity contribution < 1.29 is 14.3 Å². The van der Waals surface area contributed by atoms with Crippen molar-refractivity contribution in [3.05, 3.63) is 28.7 Å². The Hall–Kier alpha value is -2.28. The van der Waals surface area contributed by atoms with Crippen LogP contribution in [0.5, 0.6) is 5.75 Å². The Morgan fingerprint density at radius 2 is 1.90 bits per heavy atom. The van der Waals surface area contributed by atoms with E-state index in [0.29, 0.717) is 18.4 Å². The van der Waals surface area contributed by atoms with Gasteiger partial charge in [-0.1, -0.05) is 0 Å². The first-order valence-corrected chi connectivity index (χ1v) is 10.6. The zero-order valence-electron chi connectivity index (χ0n) is 17.2. The summed E-state index contributed by atoms with van der Waals surface area (Å²) < 4.78 is 14.2. The van der Waals surface area contributed by atoms with Gasteiger partial charge in [-0.3, -0.25) is 13.9 Å². The average Bonchev–Trinajstić information content (AvgIpc) is 2.90. The van der Waals surface area contributed by atoms with E-state index < -0.39 is 0 Å². The van der Waals surface area contributed by atoms with Gasteiger partial charge in [0.1, 0.15) is 5.75 Å². The zero-order chi connectivity index (χ0) is 20.2. The minimum atomic E-state index is 0.0139. The Labute approximate surface area is 170 Å². The van der Waals surface area contributed by atoms with E-state index in [-0.39, 0.29) is 17.0 Å². The summed E-state index contributed by atoms with van der Waals surface area (Å²) in [4.78, 5) is 27.6. The smallest absolute Gasteiger partial charge is 0.328 e. The maximum Gasteiger partial charge on any atom is 0.328 e. The number of carbonyl (C=O) groups excluding carboxylic acids is 1. The number of likely N-dealkylation sites (tertiary alicyclic amines) is 1. The Kier molecular flexibility index (Phi) is 4.46. The van der Waals surface area contributed by atoms with E-state index in [9.17, 15) is 9.59 Å². The minimum absolute atomic E-state index is 0.0139. The molecule has 1 amide bonds. The molecule has 1 saturated carbocycles. The number of imidazole rings is 1. The summed E-state index contributed by atoms with van der Waals surface area (Å²) in [5.41, 5.74) is 2.14. The number of ether oxygens (including phenoxy) is 2. The number of methoxy groups -OCH3 is 1. The molecule has 2 aliphatic heterocycles. The molecule has 7 heteroatoms. The number of aryl methyl sites for hydroxylation is 1. The number of carbonyl (C=O) groups is 1. The third kappa shape index (κ3) is 3.06. The van der Waals surface area contributed by atoms with Gasteiger partial charge in [0.25, 0.3) is 0 Å². The van der Waals surface area contributed by atoms with Crippen molar-refractivity contribution in [3.8, 4) is 5.75 Å². The second-order valence-electron chi connectivity index (χ2n) is 9.21. The minimum Gasteiger partial charge on any atom is -0.497 e. The largest absolute Gasteiger partial charge is 0.497 e. The van der Waals surface area contributed by atoms with Crippen molar-refractivity contribution in [2.75, 3.05) is 33.4 Å². The fourth-order valence-electron chi connectivity index (χ4n) is 5.29. The summed E-state index contributed by atoms with van der Waals surface area (Å²) >= 11 is 0. The van der Waals surface area contributed by atoms with Gasteiger partial charge >= 0.3 is 5.69 Å². The average molecular weight is 399 g/mol. The van der Waals surface area contributed by atoms with E-state index in [0.717, 1.165) is 68.8 Å². The highest BCUT2D eigenvalue weighted by Crippen LogP contribution is 2.40. The number of fused-ring (bicyclic) bond motifs is 1. The van der Waals surface area contributed by atoms with Gasteiger partial charge in [0.05, 0.1) is 36.8 Å². The highest BCUT2D eigenvalue weighted by atomic mass is 16.5. The summed E-state index contributed by atoms with van der Waals surface area (Å²) in [6.45, 7) is 4.08. The number of aromatic nitrogens is 2. The molecule has 156 valence electrons. The molecule has 3 aliphatic rings. The van der Waals surface area contributed by atoms with Crippen LogP contribution in [0.25, 0.3) is 11.0 Å². The van der Waals surface area contributed by atoms with Crippen LogP contribution in [0.4, 0.5) is 0 Å². The lowest BCUT2D eigenvalue weighted by Gasteiger charge is -2.55. The van der Waals surface area contributed by atoms with Gasteiger partial charge in [-0.05, 0) is 43.7 Å². The van der Waals surface area contributed by atoms with Crippen molar-refractivity contribution in [3.63, 3.8) is 0 Å². The number of hydrogen-bond donors (Lipinski definition) is 0. The number of rotatable bonds is 4. The topological polar surface area (TPSA) is 65.7 Å². The van der Waals surface area contributed by atoms with Crippen molar-refractivity contribution in [2.24, 2.45) is 24.3 Å². The maximum absolute atomic E-state index is 12.8. The van der Waals surface area contributed by atoms with Gasteiger partial charge in [-0.2, -0.15) is 0 Å². The SMILES string of the molecule is COc1ccc2c(c1)n(CC1CCC(C(=O)N3CC4(COC4)C3)CC1)c(=O)n2C. The van der Waals surface area contributed by atoms with Crippen molar-refractivity contribution >= 4 is 16.9 Å². The molecule has 1 aromatic carbocycles. The number of hydrogen-bond acceptors (Lipinski definition) is 4. The molecule has 2 aromatic rings. The van der Waals surface area contributed by atoms with Crippen LogP contribution in [0, 0.1) is 17.3 Å². The van der Waals surface area contributed by atoms with Crippen LogP contribution in [0.15, 0.2) is 23.0 Å². The molecular weight excluding hydrogens is 370 g/mol. The molecule has 1 aromatic heterocycles. The molecule has 3 fully saturated rings. The normalized spacial score (nSPS) is 25.7. The van der Waals surface area contributed by atoms with Crippen LogP contribution in [0.1, 0.15) is 25.7 Å². The Morgan fingerprint density at radius 1 is 1.17 bits per heavy atom. The molecule has 5 rings (SSSR count). The van der Waals surface area contributed by atoms with E-state index in [4.69, 9.17) is 9.47 Å². The Morgan fingerprint density at radius 3 is 2.52 bits per heavy atom. The first-order valence-electron chi connectivity index (χ1n) is 10.6. The molecule has 3 heterocycles. The van der Waals surface area contributed by atoms with Crippen LogP contribution < -0.4 is 10.4 Å². The molecule has 1 aliphatic carbocycles. The number of benzene rings is 1. The number of amides is 1. The van der Waals surface area contributed by atoms with Gasteiger partial charge in [0.2, 0.25) is 5.91 Å². The molecule has 1 spiro atoms. The van der Waals surface area contributed by atoms with Gasteiger partial charge in [0.15, 0.2) is 0 Å². The predicted molar refractivity (Wildman–Crippen MR) is 109 cm³/mol. The standard InChI is InChI=1S/C22H29N3O4/c1-23-18-8-7-17(28-2)9-19(18)25(21(23)27)10-15-3-5-16(6-4-15)20(26)24-11-22(12-24)13-29-14-22/h7-9,15-16H,3-6,10-14H2,1-2H3. The molecule has 0 radical (unpaired) electrons. The second kappa shape index (κ2) is 6.90. The lowest BCUT2D eigenvalue weighted by molar-refractivity contribution is -0.198. The Balaban J connectivity index is 1.23. The lowest BCUT2D eigenvalue weighted by Crippen LogP contribution is -2.67. The summed E-state index contributed by atoms with van der Waals surface area (Å²) in [5, 5.41) is 0. The summed E-state index contributed by atoms with van der Waals surface area (Å²) in [6.07, 6.45) is 3.83. The monoisotopic (exact) mass is 399 g/mol. The molecule has 2 saturated heterocycles. The first-order chi connectivity index (χ1) is 14.0. The third-order valence-electron chi connectivity index (χ3n) is 7.17. The Bertz CT molecular complexity index is 987. The van der Waals surface area contributed by atoms with E-state index in [1.165, 1.54) is 0 Å². The highest BCUT2D eigenvalue weighted by Gasteiger charge is 2.51. The first kappa shape index (κ1) is 18.7. The summed E-state index contributed by atoms with van der Waals surface area (Å²) in [7, 11) is 3.46. The number of nitrogens with zero attached hydrogens (tertiary/aromatic N) is 3. The third-order valence-corrected chi connectivity index (χ3v) is 7.17. The van der Waals surface area contributed by atoms with Crippen LogP contribution in [0.2, 0.25) is 0 Å². The molecule has 7 nitrogen and oxygen atoms in total. The van der Waals surface area contributed by atoms with Crippen LogP contribution in [-0.2, 0) is 23.1 Å². The second-order valence-corrected chi connectivity index (χ2v) is 9.21. The van der Waals surface area contributed by atoms with E-state index in [1.807, 2.05) is 34.7 Å². The molecule has 0 atom stereocenters. The van der Waals surface area contributed by atoms with E-state index in [2.05, 4.69) is 0 Å². The fourth-order valence-corrected chi connectivity index (χ4v) is 5.29. The van der Waals surface area contributed by atoms with Gasteiger partial charge < -0.3 is 14.4 Å². The molecular formula is C22H29N3O4. The van der Waals surface area contributed by atoms with Crippen molar-refractivity contribution in [1.82, 2.24) is 14.0 Å². The van der Waals surface area contributed by atoms with Gasteiger partial charge in [-0.25, -0.2) is 4.79 Å². The molecule has 0 bridgehead atoms. The van der Waals surface area contributed by atoms with E-state index in [1.54, 1.807) is 11.7 Å². The molecule has 0 unspecified atom stereocenters. The fraction of sp³-hybridized carbons (Fsp3) is 0.636.